The summed E-state index contributed by atoms with van der Waals surface area (Å²) in [6, 6.07) is 0. The van der Waals surface area contributed by atoms with Gasteiger partial charge in [-0.15, -0.1) is 0 Å². The average molecular weight is 186 g/mol. The van der Waals surface area contributed by atoms with Crippen LogP contribution in [-0.4, -0.2) is 31.2 Å². The maximum atomic E-state index is 5.77. The Morgan fingerprint density at radius 3 is 2.77 bits per heavy atom. The normalized spacial score (nSPS) is 41.5. The minimum absolute atomic E-state index is 0.00442. The van der Waals surface area contributed by atoms with Gasteiger partial charge in [-0.2, -0.15) is 0 Å². The number of epoxide rings is 1. The molecule has 2 fully saturated rings. The van der Waals surface area contributed by atoms with Gasteiger partial charge in [0.2, 0.25) is 0 Å². The highest BCUT2D eigenvalue weighted by Crippen LogP contribution is 2.33. The second-order valence-corrected chi connectivity index (χ2v) is 4.18. The van der Waals surface area contributed by atoms with Gasteiger partial charge in [0.25, 0.3) is 0 Å². The topological polar surface area (TPSA) is 31.0 Å². The van der Waals surface area contributed by atoms with Crippen molar-refractivity contribution in [3.63, 3.8) is 0 Å². The van der Waals surface area contributed by atoms with Crippen molar-refractivity contribution in [2.75, 3.05) is 13.2 Å². The van der Waals surface area contributed by atoms with Gasteiger partial charge in [0, 0.05) is 6.61 Å². The van der Waals surface area contributed by atoms with Crippen LogP contribution in [0, 0.1) is 0 Å². The highest BCUT2D eigenvalue weighted by Gasteiger charge is 2.46. The highest BCUT2D eigenvalue weighted by molar-refractivity contribution is 4.93. The summed E-state index contributed by atoms with van der Waals surface area (Å²) in [6.45, 7) is 5.81. The fraction of sp³-hybridized carbons (Fsp3) is 1.00. The van der Waals surface area contributed by atoms with E-state index in [-0.39, 0.29) is 18.0 Å². The minimum Gasteiger partial charge on any atom is -0.367 e. The van der Waals surface area contributed by atoms with Gasteiger partial charge in [-0.3, -0.25) is 0 Å². The van der Waals surface area contributed by atoms with Crippen molar-refractivity contribution in [3.8, 4) is 0 Å². The largest absolute Gasteiger partial charge is 0.367 e. The van der Waals surface area contributed by atoms with Gasteiger partial charge < -0.3 is 14.2 Å². The molecule has 2 heterocycles. The predicted molar refractivity (Wildman–Crippen MR) is 48.5 cm³/mol. The van der Waals surface area contributed by atoms with Crippen LogP contribution in [0.15, 0.2) is 0 Å². The quantitative estimate of drug-likeness (QED) is 0.629. The van der Waals surface area contributed by atoms with Gasteiger partial charge in [0.15, 0.2) is 6.29 Å². The van der Waals surface area contributed by atoms with Crippen molar-refractivity contribution >= 4 is 0 Å². The molecule has 0 saturated carbocycles. The zero-order chi connectivity index (χ0) is 9.31. The van der Waals surface area contributed by atoms with Crippen molar-refractivity contribution in [2.24, 2.45) is 0 Å². The van der Waals surface area contributed by atoms with Crippen LogP contribution in [0.1, 0.15) is 33.1 Å². The molecule has 0 amide bonds. The molecular weight excluding hydrogens is 168 g/mol. The third-order valence-electron chi connectivity index (χ3n) is 2.95. The van der Waals surface area contributed by atoms with Crippen LogP contribution < -0.4 is 0 Å². The molecule has 13 heavy (non-hydrogen) atoms. The van der Waals surface area contributed by atoms with Gasteiger partial charge in [-0.1, -0.05) is 0 Å². The molecule has 0 aromatic carbocycles. The summed E-state index contributed by atoms with van der Waals surface area (Å²) >= 11 is 0. The predicted octanol–water partition coefficient (Wildman–Crippen LogP) is 1.71. The number of rotatable bonds is 3. The third kappa shape index (κ3) is 2.22. The first kappa shape index (κ1) is 9.44. The van der Waals surface area contributed by atoms with Crippen molar-refractivity contribution in [2.45, 2.75) is 51.1 Å². The number of hydrogen-bond donors (Lipinski definition) is 0. The Balaban J connectivity index is 1.76. The molecule has 2 saturated heterocycles. The SMILES string of the molecule is CC(OC1CCCCO1)C1(C)CO1. The van der Waals surface area contributed by atoms with E-state index in [1.165, 1.54) is 12.8 Å². The highest BCUT2D eigenvalue weighted by atomic mass is 16.7. The van der Waals surface area contributed by atoms with Crippen LogP contribution in [0.5, 0.6) is 0 Å². The molecule has 2 aliphatic heterocycles. The Bertz CT molecular complexity index is 171. The molecule has 3 nitrogen and oxygen atoms in total. The summed E-state index contributed by atoms with van der Waals surface area (Å²) in [5.41, 5.74) is -0.0409. The maximum Gasteiger partial charge on any atom is 0.158 e. The first-order valence-corrected chi connectivity index (χ1v) is 5.12. The first-order chi connectivity index (χ1) is 6.21. The van der Waals surface area contributed by atoms with Gasteiger partial charge in [-0.25, -0.2) is 0 Å². The van der Waals surface area contributed by atoms with Crippen LogP contribution >= 0.6 is 0 Å². The van der Waals surface area contributed by atoms with E-state index in [4.69, 9.17) is 14.2 Å². The Morgan fingerprint density at radius 2 is 2.23 bits per heavy atom. The summed E-state index contributed by atoms with van der Waals surface area (Å²) in [5.74, 6) is 0. The van der Waals surface area contributed by atoms with E-state index in [0.717, 1.165) is 19.6 Å². The van der Waals surface area contributed by atoms with E-state index >= 15 is 0 Å². The molecule has 3 unspecified atom stereocenters. The van der Waals surface area contributed by atoms with E-state index in [1.807, 2.05) is 0 Å². The van der Waals surface area contributed by atoms with Gasteiger partial charge in [0.1, 0.15) is 5.60 Å². The van der Waals surface area contributed by atoms with Crippen LogP contribution in [0.2, 0.25) is 0 Å². The molecule has 0 bridgehead atoms. The lowest BCUT2D eigenvalue weighted by Crippen LogP contribution is -2.34. The summed E-state index contributed by atoms with van der Waals surface area (Å²) in [7, 11) is 0. The monoisotopic (exact) mass is 186 g/mol. The lowest BCUT2D eigenvalue weighted by atomic mass is 10.1. The minimum atomic E-state index is -0.0409. The third-order valence-corrected chi connectivity index (χ3v) is 2.95. The molecule has 76 valence electrons. The molecule has 3 heteroatoms. The van der Waals surface area contributed by atoms with Crippen molar-refractivity contribution in [1.29, 1.82) is 0 Å². The zero-order valence-corrected chi connectivity index (χ0v) is 8.41. The molecule has 0 aromatic rings. The second-order valence-electron chi connectivity index (χ2n) is 4.18. The Morgan fingerprint density at radius 1 is 1.46 bits per heavy atom. The van der Waals surface area contributed by atoms with Gasteiger partial charge in [-0.05, 0) is 33.1 Å². The lowest BCUT2D eigenvalue weighted by molar-refractivity contribution is -0.195. The first-order valence-electron chi connectivity index (χ1n) is 5.12. The standard InChI is InChI=1S/C10H18O3/c1-8(10(2)7-12-10)13-9-5-3-4-6-11-9/h8-9H,3-7H2,1-2H3. The molecule has 2 rings (SSSR count). The molecule has 3 atom stereocenters. The second kappa shape index (κ2) is 3.56. The van der Waals surface area contributed by atoms with Crippen LogP contribution in [0.4, 0.5) is 0 Å². The van der Waals surface area contributed by atoms with Crippen LogP contribution in [0.25, 0.3) is 0 Å². The van der Waals surface area contributed by atoms with Crippen molar-refractivity contribution in [3.05, 3.63) is 0 Å². The van der Waals surface area contributed by atoms with E-state index in [2.05, 4.69) is 13.8 Å². The van der Waals surface area contributed by atoms with Crippen LogP contribution in [-0.2, 0) is 14.2 Å². The molecule has 0 aliphatic carbocycles. The van der Waals surface area contributed by atoms with E-state index in [0.29, 0.717) is 0 Å². The number of hydrogen-bond acceptors (Lipinski definition) is 3. The molecule has 0 aromatic heterocycles. The molecule has 0 N–H and O–H groups in total. The zero-order valence-electron chi connectivity index (χ0n) is 8.41. The molecule has 0 radical (unpaired) electrons. The molecule has 0 spiro atoms. The van der Waals surface area contributed by atoms with Crippen molar-refractivity contribution in [1.82, 2.24) is 0 Å². The Hall–Kier alpha value is -0.120. The molecule has 2 aliphatic rings. The maximum absolute atomic E-state index is 5.77. The summed E-state index contributed by atoms with van der Waals surface area (Å²) in [6.07, 6.45) is 3.57. The van der Waals surface area contributed by atoms with E-state index in [1.54, 1.807) is 0 Å². The molecular formula is C10H18O3. The van der Waals surface area contributed by atoms with Crippen LogP contribution in [0.3, 0.4) is 0 Å². The number of ether oxygens (including phenoxy) is 3. The summed E-state index contributed by atoms with van der Waals surface area (Å²) < 4.78 is 16.6. The van der Waals surface area contributed by atoms with E-state index < -0.39 is 0 Å². The fourth-order valence-corrected chi connectivity index (χ4v) is 1.54. The Labute approximate surface area is 79.4 Å². The van der Waals surface area contributed by atoms with Gasteiger partial charge >= 0.3 is 0 Å². The Kier molecular flexibility index (Phi) is 2.58. The van der Waals surface area contributed by atoms with Gasteiger partial charge in [0.05, 0.1) is 12.7 Å². The smallest absolute Gasteiger partial charge is 0.158 e. The van der Waals surface area contributed by atoms with Crippen molar-refractivity contribution < 1.29 is 14.2 Å². The summed E-state index contributed by atoms with van der Waals surface area (Å²) in [5, 5.41) is 0. The summed E-state index contributed by atoms with van der Waals surface area (Å²) in [4.78, 5) is 0. The lowest BCUT2D eigenvalue weighted by Gasteiger charge is -2.27. The average Bonchev–Trinajstić information content (AvgIpc) is 2.87. The fourth-order valence-electron chi connectivity index (χ4n) is 1.54. The van der Waals surface area contributed by atoms with E-state index in [9.17, 15) is 0 Å².